The number of halogens is 5. The molecular weight excluding hydrogens is 310 g/mol. The molecule has 1 aliphatic heterocycles. The molecule has 11 heteroatoms. The molecule has 1 aliphatic rings. The van der Waals surface area contributed by atoms with Gasteiger partial charge in [0.1, 0.15) is 5.69 Å². The van der Waals surface area contributed by atoms with Crippen molar-refractivity contribution in [1.29, 1.82) is 0 Å². The summed E-state index contributed by atoms with van der Waals surface area (Å²) in [5.41, 5.74) is -1.67. The van der Waals surface area contributed by atoms with E-state index < -0.39 is 34.5 Å². The van der Waals surface area contributed by atoms with Crippen LogP contribution in [0.5, 0.6) is 0 Å². The van der Waals surface area contributed by atoms with Crippen molar-refractivity contribution in [2.45, 2.75) is 18.2 Å². The Morgan fingerprint density at radius 3 is 2.50 bits per heavy atom. The number of hydrogen-bond acceptors (Lipinski definition) is 5. The van der Waals surface area contributed by atoms with E-state index in [2.05, 4.69) is 0 Å². The van der Waals surface area contributed by atoms with Gasteiger partial charge in [-0.15, -0.1) is 0 Å². The van der Waals surface area contributed by atoms with Crippen LogP contribution >= 0.6 is 11.6 Å². The fourth-order valence-corrected chi connectivity index (χ4v) is 1.91. The van der Waals surface area contributed by atoms with Gasteiger partial charge >= 0.3 is 12.3 Å². The number of fused-ring (bicyclic) bond motifs is 1. The van der Waals surface area contributed by atoms with Gasteiger partial charge < -0.3 is 15.7 Å². The maximum atomic E-state index is 13.3. The summed E-state index contributed by atoms with van der Waals surface area (Å²) in [4.78, 5) is 9.82. The number of anilines is 2. The zero-order valence-corrected chi connectivity index (χ0v) is 10.1. The van der Waals surface area contributed by atoms with Crippen molar-refractivity contribution in [3.8, 4) is 0 Å². The van der Waals surface area contributed by atoms with E-state index in [1.807, 2.05) is 0 Å². The lowest BCUT2D eigenvalue weighted by Gasteiger charge is -2.31. The summed E-state index contributed by atoms with van der Waals surface area (Å²) in [5.74, 6) is -8.45. The van der Waals surface area contributed by atoms with Gasteiger partial charge in [-0.3, -0.25) is 10.1 Å². The predicted molar refractivity (Wildman–Crippen MR) is 61.3 cm³/mol. The van der Waals surface area contributed by atoms with Crippen LogP contribution in [0.4, 0.5) is 34.6 Å². The summed E-state index contributed by atoms with van der Waals surface area (Å²) in [6, 6.07) is 1.82. The van der Waals surface area contributed by atoms with E-state index in [1.165, 1.54) is 0 Å². The first-order valence-corrected chi connectivity index (χ1v) is 5.39. The summed E-state index contributed by atoms with van der Waals surface area (Å²) in [5, 5.41) is 23.5. The van der Waals surface area contributed by atoms with Gasteiger partial charge in [0.25, 0.3) is 11.5 Å². The van der Waals surface area contributed by atoms with E-state index in [4.69, 9.17) is 11.6 Å². The van der Waals surface area contributed by atoms with Crippen LogP contribution in [0, 0.1) is 10.1 Å². The number of nitro groups is 1. The molecule has 0 saturated heterocycles. The normalized spacial score (nSPS) is 21.4. The highest BCUT2D eigenvalue weighted by molar-refractivity contribution is 6.31. The van der Waals surface area contributed by atoms with Crippen LogP contribution in [0.15, 0.2) is 12.1 Å². The fraction of sp³-hybridized carbons (Fsp3) is 0.333. The Kier molecular flexibility index (Phi) is 3.17. The number of aliphatic hydroxyl groups is 1. The zero-order chi connectivity index (χ0) is 15.3. The van der Waals surface area contributed by atoms with Gasteiger partial charge in [-0.25, -0.2) is 8.78 Å². The first-order chi connectivity index (χ1) is 9.08. The summed E-state index contributed by atoms with van der Waals surface area (Å²) in [6.07, 6.45) is -4.20. The Labute approximate surface area is 113 Å². The molecule has 0 fully saturated rings. The molecule has 1 aromatic carbocycles. The molecule has 1 heterocycles. The molecule has 110 valence electrons. The van der Waals surface area contributed by atoms with Crippen molar-refractivity contribution < 1.29 is 27.6 Å². The lowest BCUT2D eigenvalue weighted by molar-refractivity contribution is -0.384. The molecule has 2 rings (SSSR count). The minimum absolute atomic E-state index is 0.186. The molecule has 0 radical (unpaired) electrons. The van der Waals surface area contributed by atoms with E-state index in [-0.39, 0.29) is 10.7 Å². The standard InChI is InChI=1S/C9H6ClF4N3O3/c10-3-1-4-6(5(2-3)17(19)20)16-9(18,15-4)8(13,14)7(11)12/h1-2,7,15-16,18H. The molecule has 1 aromatic rings. The van der Waals surface area contributed by atoms with Crippen LogP contribution in [0.2, 0.25) is 5.02 Å². The second-order valence-corrected chi connectivity index (χ2v) is 4.43. The van der Waals surface area contributed by atoms with Crippen molar-refractivity contribution in [3.63, 3.8) is 0 Å². The number of nitrogens with one attached hydrogen (secondary N) is 2. The van der Waals surface area contributed by atoms with Crippen LogP contribution < -0.4 is 10.6 Å². The Morgan fingerprint density at radius 2 is 2.00 bits per heavy atom. The van der Waals surface area contributed by atoms with Gasteiger partial charge in [0.05, 0.1) is 10.6 Å². The molecule has 0 saturated carbocycles. The van der Waals surface area contributed by atoms with Crippen molar-refractivity contribution in [1.82, 2.24) is 0 Å². The van der Waals surface area contributed by atoms with Crippen LogP contribution in [0.25, 0.3) is 0 Å². The monoisotopic (exact) mass is 315 g/mol. The lowest BCUT2D eigenvalue weighted by atomic mass is 10.2. The number of rotatable bonds is 3. The Bertz CT molecular complexity index is 586. The highest BCUT2D eigenvalue weighted by Gasteiger charge is 2.63. The topological polar surface area (TPSA) is 87.4 Å². The molecule has 0 amide bonds. The Morgan fingerprint density at radius 1 is 1.40 bits per heavy atom. The van der Waals surface area contributed by atoms with Gasteiger partial charge in [0, 0.05) is 11.1 Å². The Hall–Kier alpha value is -1.81. The third kappa shape index (κ3) is 2.00. The van der Waals surface area contributed by atoms with Gasteiger partial charge in [-0.1, -0.05) is 11.6 Å². The quantitative estimate of drug-likeness (QED) is 0.453. The summed E-state index contributed by atoms with van der Waals surface area (Å²) < 4.78 is 51.3. The van der Waals surface area contributed by atoms with Crippen LogP contribution in [-0.2, 0) is 0 Å². The van der Waals surface area contributed by atoms with Crippen LogP contribution in [-0.4, -0.2) is 28.2 Å². The lowest BCUT2D eigenvalue weighted by Crippen LogP contribution is -2.60. The summed E-state index contributed by atoms with van der Waals surface area (Å²) in [7, 11) is 0. The van der Waals surface area contributed by atoms with Crippen molar-refractivity contribution in [3.05, 3.63) is 27.3 Å². The first kappa shape index (κ1) is 14.6. The number of hydrogen-bond donors (Lipinski definition) is 3. The Balaban J connectivity index is 2.51. The van der Waals surface area contributed by atoms with Crippen LogP contribution in [0.1, 0.15) is 0 Å². The highest BCUT2D eigenvalue weighted by Crippen LogP contribution is 2.47. The van der Waals surface area contributed by atoms with Crippen molar-refractivity contribution in [2.24, 2.45) is 0 Å². The molecule has 0 aromatic heterocycles. The number of nitro benzene ring substituents is 1. The molecule has 1 atom stereocenters. The third-order valence-electron chi connectivity index (χ3n) is 2.66. The first-order valence-electron chi connectivity index (χ1n) is 5.01. The van der Waals surface area contributed by atoms with E-state index in [1.54, 1.807) is 10.6 Å². The van der Waals surface area contributed by atoms with Gasteiger partial charge in [0.2, 0.25) is 0 Å². The number of alkyl halides is 4. The smallest absolute Gasteiger partial charge is 0.349 e. The third-order valence-corrected chi connectivity index (χ3v) is 2.88. The van der Waals surface area contributed by atoms with Gasteiger partial charge in [-0.05, 0) is 6.07 Å². The fourth-order valence-electron chi connectivity index (χ4n) is 1.70. The van der Waals surface area contributed by atoms with Crippen molar-refractivity contribution in [2.75, 3.05) is 10.6 Å². The van der Waals surface area contributed by atoms with E-state index in [0.717, 1.165) is 12.1 Å². The maximum absolute atomic E-state index is 13.3. The molecule has 0 aliphatic carbocycles. The van der Waals surface area contributed by atoms with Gasteiger partial charge in [0.15, 0.2) is 0 Å². The number of benzene rings is 1. The SMILES string of the molecule is O=[N+]([O-])c1cc(Cl)cc2c1NC(O)(C(F)(F)C(F)F)N2. The zero-order valence-electron chi connectivity index (χ0n) is 9.33. The molecule has 0 spiro atoms. The predicted octanol–water partition coefficient (Wildman–Crippen LogP) is 2.63. The van der Waals surface area contributed by atoms with E-state index in [9.17, 15) is 32.8 Å². The second-order valence-electron chi connectivity index (χ2n) is 3.99. The average Bonchev–Trinajstić information content (AvgIpc) is 2.65. The molecular formula is C9H6ClF4N3O3. The molecule has 1 unspecified atom stereocenters. The van der Waals surface area contributed by atoms with Crippen LogP contribution in [0.3, 0.4) is 0 Å². The molecule has 20 heavy (non-hydrogen) atoms. The van der Waals surface area contributed by atoms with E-state index in [0.29, 0.717) is 0 Å². The molecule has 6 nitrogen and oxygen atoms in total. The maximum Gasteiger partial charge on any atom is 0.373 e. The van der Waals surface area contributed by atoms with Crippen molar-refractivity contribution >= 4 is 28.7 Å². The average molecular weight is 316 g/mol. The summed E-state index contributed by atoms with van der Waals surface area (Å²) >= 11 is 5.55. The van der Waals surface area contributed by atoms with E-state index >= 15 is 0 Å². The molecule has 0 bridgehead atoms. The highest BCUT2D eigenvalue weighted by atomic mass is 35.5. The largest absolute Gasteiger partial charge is 0.373 e. The number of nitrogens with zero attached hydrogens (tertiary/aromatic N) is 1. The summed E-state index contributed by atoms with van der Waals surface area (Å²) in [6.45, 7) is 0. The van der Waals surface area contributed by atoms with Gasteiger partial charge in [-0.2, -0.15) is 8.78 Å². The minimum atomic E-state index is -4.90. The molecule has 3 N–H and O–H groups in total. The second kappa shape index (κ2) is 4.35. The minimum Gasteiger partial charge on any atom is -0.349 e.